The summed E-state index contributed by atoms with van der Waals surface area (Å²) >= 11 is 0. The number of hydrogen-bond donors (Lipinski definition) is 0. The molecule has 3 aromatic heterocycles. The Bertz CT molecular complexity index is 1420. The quantitative estimate of drug-likeness (QED) is 0.323. The van der Waals surface area contributed by atoms with Crippen molar-refractivity contribution in [2.75, 3.05) is 26.2 Å². The van der Waals surface area contributed by atoms with Gasteiger partial charge in [0.2, 0.25) is 0 Å². The smallest absolute Gasteiger partial charge is 0.142 e. The van der Waals surface area contributed by atoms with Gasteiger partial charge in [-0.05, 0) is 87.1 Å². The first-order chi connectivity index (χ1) is 19.1. The van der Waals surface area contributed by atoms with Crippen LogP contribution in [0, 0.1) is 5.92 Å². The largest absolute Gasteiger partial charge is 0.299 e. The van der Waals surface area contributed by atoms with E-state index in [0.29, 0.717) is 12.2 Å². The zero-order valence-corrected chi connectivity index (χ0v) is 22.9. The first-order valence-corrected chi connectivity index (χ1v) is 14.4. The molecule has 0 spiro atoms. The Morgan fingerprint density at radius 3 is 2.46 bits per heavy atom. The van der Waals surface area contributed by atoms with Crippen molar-refractivity contribution < 1.29 is 4.79 Å². The minimum absolute atomic E-state index is 0.113. The zero-order valence-electron chi connectivity index (χ0n) is 22.9. The second-order valence-electron chi connectivity index (χ2n) is 11.2. The van der Waals surface area contributed by atoms with Crippen molar-refractivity contribution in [3.8, 4) is 11.1 Å². The van der Waals surface area contributed by atoms with Gasteiger partial charge < -0.3 is 0 Å². The molecule has 0 unspecified atom stereocenters. The summed E-state index contributed by atoms with van der Waals surface area (Å²) in [6.07, 6.45) is 11.9. The van der Waals surface area contributed by atoms with E-state index in [1.807, 2.05) is 42.5 Å². The Kier molecular flexibility index (Phi) is 7.79. The molecule has 0 saturated carbocycles. The summed E-state index contributed by atoms with van der Waals surface area (Å²) in [7, 11) is 2.04. The number of likely N-dealkylation sites (tertiary alicyclic amines) is 2. The van der Waals surface area contributed by atoms with Crippen LogP contribution in [0.15, 0.2) is 61.1 Å². The lowest BCUT2D eigenvalue weighted by atomic mass is 9.90. The molecule has 4 aromatic rings. The number of Topliss-reactive ketones (excluding diaryl/α,β-unsaturated/α-hetero) is 1. The Morgan fingerprint density at radius 2 is 1.67 bits per heavy atom. The number of carbonyl (C=O) groups is 1. The fraction of sp³-hybridized carbons (Fsp3) is 0.438. The van der Waals surface area contributed by atoms with Crippen LogP contribution in [0.3, 0.4) is 0 Å². The van der Waals surface area contributed by atoms with Gasteiger partial charge in [-0.15, -0.1) is 0 Å². The van der Waals surface area contributed by atoms with E-state index in [9.17, 15) is 4.79 Å². The third-order valence-corrected chi connectivity index (χ3v) is 8.48. The highest BCUT2D eigenvalue weighted by Crippen LogP contribution is 2.29. The molecule has 0 bridgehead atoms. The number of benzene rings is 1. The SMILES string of the molecule is Cn1ncc(-c2ccc3cnc(CC(=O)C4CCN(Cc5ccccn5)CC4)cc3c2)c1CN1CCCCC1. The van der Waals surface area contributed by atoms with Crippen molar-refractivity contribution in [3.05, 3.63) is 78.1 Å². The molecule has 2 saturated heterocycles. The number of piperidine rings is 2. The summed E-state index contributed by atoms with van der Waals surface area (Å²) < 4.78 is 2.02. The first-order valence-electron chi connectivity index (χ1n) is 14.4. The number of aromatic nitrogens is 4. The maximum atomic E-state index is 13.2. The fourth-order valence-electron chi connectivity index (χ4n) is 6.13. The molecule has 202 valence electrons. The molecule has 0 atom stereocenters. The van der Waals surface area contributed by atoms with Crippen molar-refractivity contribution in [2.24, 2.45) is 13.0 Å². The number of rotatable bonds is 8. The van der Waals surface area contributed by atoms with Crippen LogP contribution in [0.4, 0.5) is 0 Å². The van der Waals surface area contributed by atoms with Crippen LogP contribution in [0.2, 0.25) is 0 Å². The highest BCUT2D eigenvalue weighted by atomic mass is 16.1. The molecule has 2 aliphatic rings. The summed E-state index contributed by atoms with van der Waals surface area (Å²) in [5, 5.41) is 6.83. The molecule has 0 N–H and O–H groups in total. The summed E-state index contributed by atoms with van der Waals surface area (Å²) in [5.74, 6) is 0.424. The molecule has 5 heterocycles. The third kappa shape index (κ3) is 6.10. The van der Waals surface area contributed by atoms with Crippen LogP contribution < -0.4 is 0 Å². The van der Waals surface area contributed by atoms with Crippen LogP contribution >= 0.6 is 0 Å². The van der Waals surface area contributed by atoms with Crippen LogP contribution in [-0.2, 0) is 31.4 Å². The molecule has 2 fully saturated rings. The third-order valence-electron chi connectivity index (χ3n) is 8.48. The van der Waals surface area contributed by atoms with E-state index in [1.165, 1.54) is 36.1 Å². The van der Waals surface area contributed by atoms with E-state index in [1.54, 1.807) is 0 Å². The molecule has 0 radical (unpaired) electrons. The standard InChI is InChI=1S/C32H38N6O/c1-36-31(23-37-13-5-2-6-14-37)30(21-35-36)25-8-9-26-20-34-29(18-27(26)17-25)19-32(39)24-10-15-38(16-11-24)22-28-7-3-4-12-33-28/h3-4,7-9,12,17-18,20-21,24H,2,5-6,10-11,13-16,19,22-23H2,1H3. The van der Waals surface area contributed by atoms with E-state index in [0.717, 1.165) is 74.3 Å². The van der Waals surface area contributed by atoms with Crippen LogP contribution in [-0.4, -0.2) is 61.5 Å². The van der Waals surface area contributed by atoms with Gasteiger partial charge in [-0.3, -0.25) is 29.2 Å². The molecule has 1 aromatic carbocycles. The average molecular weight is 523 g/mol. The van der Waals surface area contributed by atoms with Crippen molar-refractivity contribution in [1.29, 1.82) is 0 Å². The van der Waals surface area contributed by atoms with E-state index >= 15 is 0 Å². The van der Waals surface area contributed by atoms with Crippen LogP contribution in [0.25, 0.3) is 21.9 Å². The van der Waals surface area contributed by atoms with Crippen molar-refractivity contribution in [2.45, 2.75) is 51.6 Å². The van der Waals surface area contributed by atoms with Gasteiger partial charge in [0.1, 0.15) is 5.78 Å². The molecular weight excluding hydrogens is 484 g/mol. The van der Waals surface area contributed by atoms with Crippen molar-refractivity contribution >= 4 is 16.6 Å². The highest BCUT2D eigenvalue weighted by molar-refractivity contribution is 5.89. The topological polar surface area (TPSA) is 67.2 Å². The predicted octanol–water partition coefficient (Wildman–Crippen LogP) is 5.04. The molecule has 7 nitrogen and oxygen atoms in total. The summed E-state index contributed by atoms with van der Waals surface area (Å²) in [5.41, 5.74) is 5.57. The van der Waals surface area contributed by atoms with Crippen LogP contribution in [0.1, 0.15) is 49.2 Å². The van der Waals surface area contributed by atoms with Gasteiger partial charge in [0.15, 0.2) is 0 Å². The molecule has 39 heavy (non-hydrogen) atoms. The minimum atomic E-state index is 0.113. The number of fused-ring (bicyclic) bond motifs is 1. The first kappa shape index (κ1) is 25.8. The van der Waals surface area contributed by atoms with Crippen molar-refractivity contribution in [1.82, 2.24) is 29.5 Å². The monoisotopic (exact) mass is 522 g/mol. The van der Waals surface area contributed by atoms with Gasteiger partial charge in [0, 0.05) is 61.5 Å². The Morgan fingerprint density at radius 1 is 0.846 bits per heavy atom. The van der Waals surface area contributed by atoms with Crippen molar-refractivity contribution in [3.63, 3.8) is 0 Å². The number of ketones is 1. The number of carbonyl (C=O) groups excluding carboxylic acids is 1. The average Bonchev–Trinajstić information content (AvgIpc) is 3.33. The zero-order chi connectivity index (χ0) is 26.6. The molecule has 7 heteroatoms. The second kappa shape index (κ2) is 11.8. The van der Waals surface area contributed by atoms with E-state index < -0.39 is 0 Å². The van der Waals surface area contributed by atoms with E-state index in [4.69, 9.17) is 0 Å². The summed E-state index contributed by atoms with van der Waals surface area (Å²) in [6, 6.07) is 14.7. The molecule has 0 amide bonds. The number of pyridine rings is 2. The number of aryl methyl sites for hydroxylation is 1. The molecule has 0 aliphatic carbocycles. The van der Waals surface area contributed by atoms with E-state index in [-0.39, 0.29) is 5.92 Å². The fourth-order valence-corrected chi connectivity index (χ4v) is 6.13. The van der Waals surface area contributed by atoms with Gasteiger partial charge in [0.25, 0.3) is 0 Å². The van der Waals surface area contributed by atoms with Gasteiger partial charge >= 0.3 is 0 Å². The van der Waals surface area contributed by atoms with Gasteiger partial charge in [-0.25, -0.2) is 0 Å². The Labute approximate surface area is 230 Å². The molecule has 6 rings (SSSR count). The molecular formula is C32H38N6O. The highest BCUT2D eigenvalue weighted by Gasteiger charge is 2.25. The van der Waals surface area contributed by atoms with Gasteiger partial charge in [-0.2, -0.15) is 5.10 Å². The van der Waals surface area contributed by atoms with Crippen LogP contribution in [0.5, 0.6) is 0 Å². The van der Waals surface area contributed by atoms with E-state index in [2.05, 4.69) is 55.2 Å². The number of nitrogens with zero attached hydrogens (tertiary/aromatic N) is 6. The Hall–Kier alpha value is -3.42. The second-order valence-corrected chi connectivity index (χ2v) is 11.2. The maximum Gasteiger partial charge on any atom is 0.142 e. The normalized spacial score (nSPS) is 17.6. The summed E-state index contributed by atoms with van der Waals surface area (Å²) in [4.78, 5) is 27.2. The van der Waals surface area contributed by atoms with Gasteiger partial charge in [0.05, 0.1) is 17.6 Å². The Balaban J connectivity index is 1.12. The predicted molar refractivity (Wildman–Crippen MR) is 154 cm³/mol. The summed E-state index contributed by atoms with van der Waals surface area (Å²) in [6.45, 7) is 5.98. The lowest BCUT2D eigenvalue weighted by Gasteiger charge is -2.31. The number of hydrogen-bond acceptors (Lipinski definition) is 6. The minimum Gasteiger partial charge on any atom is -0.299 e. The maximum absolute atomic E-state index is 13.2. The lowest BCUT2D eigenvalue weighted by Crippen LogP contribution is -2.36. The van der Waals surface area contributed by atoms with Gasteiger partial charge in [-0.1, -0.05) is 24.6 Å². The lowest BCUT2D eigenvalue weighted by molar-refractivity contribution is -0.123. The molecule has 2 aliphatic heterocycles.